The van der Waals surface area contributed by atoms with Gasteiger partial charge in [-0.1, -0.05) is 37.1 Å². The van der Waals surface area contributed by atoms with Gasteiger partial charge in [-0.15, -0.1) is 0 Å². The zero-order chi connectivity index (χ0) is 25.9. The lowest BCUT2D eigenvalue weighted by Crippen LogP contribution is -2.68. The van der Waals surface area contributed by atoms with E-state index in [0.29, 0.717) is 18.0 Å². The lowest BCUT2D eigenvalue weighted by molar-refractivity contribution is -0.168. The highest BCUT2D eigenvalue weighted by Gasteiger charge is 2.57. The van der Waals surface area contributed by atoms with E-state index in [1.54, 1.807) is 7.11 Å². The zero-order valence-electron chi connectivity index (χ0n) is 22.0. The van der Waals surface area contributed by atoms with Crippen molar-refractivity contribution in [1.29, 1.82) is 0 Å². The third kappa shape index (κ3) is 3.62. The molecule has 2 atom stereocenters. The van der Waals surface area contributed by atoms with Crippen molar-refractivity contribution in [2.75, 3.05) is 20.2 Å². The van der Waals surface area contributed by atoms with E-state index in [0.717, 1.165) is 53.4 Å². The van der Waals surface area contributed by atoms with Crippen LogP contribution in [-0.2, 0) is 15.1 Å². The molecule has 6 rings (SSSR count). The van der Waals surface area contributed by atoms with Gasteiger partial charge in [-0.25, -0.2) is 0 Å². The van der Waals surface area contributed by atoms with Gasteiger partial charge in [-0.05, 0) is 62.9 Å². The Morgan fingerprint density at radius 1 is 1.05 bits per heavy atom. The number of hydrogen-bond acceptors (Lipinski definition) is 4. The summed E-state index contributed by atoms with van der Waals surface area (Å²) in [6.07, 6.45) is 4.20. The molecule has 7 heteroatoms. The van der Waals surface area contributed by atoms with E-state index in [2.05, 4.69) is 17.1 Å². The molecule has 37 heavy (non-hydrogen) atoms. The summed E-state index contributed by atoms with van der Waals surface area (Å²) in [6.45, 7) is 6.50. The van der Waals surface area contributed by atoms with Gasteiger partial charge in [0, 0.05) is 29.4 Å². The fraction of sp³-hybridized carbons (Fsp3) is 0.467. The molecule has 1 unspecified atom stereocenters. The van der Waals surface area contributed by atoms with Gasteiger partial charge >= 0.3 is 0 Å². The van der Waals surface area contributed by atoms with E-state index >= 15 is 0 Å². The van der Waals surface area contributed by atoms with Crippen LogP contribution >= 0.6 is 0 Å². The summed E-state index contributed by atoms with van der Waals surface area (Å²) < 4.78 is 11.6. The highest BCUT2D eigenvalue weighted by atomic mass is 16.5. The number of methoxy groups -OCH3 is 1. The molecule has 0 bridgehead atoms. The van der Waals surface area contributed by atoms with Crippen LogP contribution in [0.2, 0.25) is 0 Å². The number of para-hydroxylation sites is 1. The third-order valence-corrected chi connectivity index (χ3v) is 8.49. The Balaban J connectivity index is 1.51. The van der Waals surface area contributed by atoms with E-state index in [4.69, 9.17) is 9.47 Å². The number of piperazine rings is 1. The molecule has 1 saturated heterocycles. The molecule has 0 radical (unpaired) electrons. The Morgan fingerprint density at radius 3 is 2.54 bits per heavy atom. The Hall–Kier alpha value is -3.48. The number of fused-ring (bicyclic) bond motifs is 5. The Bertz CT molecular complexity index is 1370. The van der Waals surface area contributed by atoms with Gasteiger partial charge in [-0.2, -0.15) is 0 Å². The van der Waals surface area contributed by atoms with E-state index in [1.807, 2.05) is 60.9 Å². The molecule has 7 nitrogen and oxygen atoms in total. The van der Waals surface area contributed by atoms with Gasteiger partial charge < -0.3 is 24.3 Å². The maximum atomic E-state index is 14.2. The average Bonchev–Trinajstić information content (AvgIpc) is 3.55. The molecule has 2 amide bonds. The van der Waals surface area contributed by atoms with Crippen molar-refractivity contribution >= 4 is 22.7 Å². The number of H-pyrrole nitrogens is 1. The van der Waals surface area contributed by atoms with Crippen LogP contribution in [0, 0.1) is 0 Å². The Labute approximate surface area is 217 Å². The predicted molar refractivity (Wildman–Crippen MR) is 142 cm³/mol. The van der Waals surface area contributed by atoms with Gasteiger partial charge in [-0.3, -0.25) is 9.59 Å². The molecule has 1 N–H and O–H groups in total. The normalized spacial score (nSPS) is 24.1. The van der Waals surface area contributed by atoms with Crippen molar-refractivity contribution in [1.82, 2.24) is 14.8 Å². The number of aromatic amines is 1. The minimum Gasteiger partial charge on any atom is -0.493 e. The highest BCUT2D eigenvalue weighted by molar-refractivity contribution is 6.01. The topological polar surface area (TPSA) is 74.9 Å². The van der Waals surface area contributed by atoms with Gasteiger partial charge in [0.15, 0.2) is 17.0 Å². The molecule has 3 heterocycles. The fourth-order valence-corrected chi connectivity index (χ4v) is 6.69. The number of nitrogens with one attached hydrogen (secondary N) is 1. The Morgan fingerprint density at radius 2 is 1.81 bits per heavy atom. The second-order valence-corrected chi connectivity index (χ2v) is 11.0. The van der Waals surface area contributed by atoms with Crippen molar-refractivity contribution in [3.8, 4) is 11.5 Å². The van der Waals surface area contributed by atoms with Crippen LogP contribution in [0.4, 0.5) is 0 Å². The maximum absolute atomic E-state index is 14.2. The van der Waals surface area contributed by atoms with Crippen molar-refractivity contribution in [2.24, 2.45) is 0 Å². The standard InChI is InChI=1S/C30H35N3O4/c1-18(2)37-24-14-13-19(15-25(24)36-4)22-16-33-26(34)17-32(20-9-5-6-10-20)29(35)30(33,3)28-27(22)21-11-7-8-12-23(21)31-28/h7-8,11-15,18,20,22,31H,5-6,9-10,16-17H2,1-4H3/t22?,30-/m0/s1. The van der Waals surface area contributed by atoms with Crippen LogP contribution in [-0.4, -0.2) is 58.9 Å². The Kier molecular flexibility index (Phi) is 5.70. The molecule has 2 aromatic carbocycles. The largest absolute Gasteiger partial charge is 0.493 e. The minimum absolute atomic E-state index is 0.00929. The number of benzene rings is 2. The predicted octanol–water partition coefficient (Wildman–Crippen LogP) is 4.94. The van der Waals surface area contributed by atoms with Gasteiger partial charge in [0.05, 0.1) is 18.9 Å². The fourth-order valence-electron chi connectivity index (χ4n) is 6.69. The van der Waals surface area contributed by atoms with E-state index in [1.165, 1.54) is 0 Å². The van der Waals surface area contributed by atoms with Crippen LogP contribution in [0.25, 0.3) is 10.9 Å². The van der Waals surface area contributed by atoms with E-state index in [9.17, 15) is 9.59 Å². The summed E-state index contributed by atoms with van der Waals surface area (Å²) in [4.78, 5) is 35.2. The van der Waals surface area contributed by atoms with E-state index < -0.39 is 5.54 Å². The molecule has 3 aromatic rings. The SMILES string of the molecule is COc1cc(C2CN3C(=O)CN(C4CCCC4)C(=O)[C@]3(C)c3[nH]c4ccccc4c32)ccc1OC(C)C. The first kappa shape index (κ1) is 23.9. The number of nitrogens with zero attached hydrogens (tertiary/aromatic N) is 2. The molecular formula is C30H35N3O4. The number of hydrogen-bond donors (Lipinski definition) is 1. The zero-order valence-corrected chi connectivity index (χ0v) is 22.0. The molecule has 1 aliphatic carbocycles. The second kappa shape index (κ2) is 8.82. The summed E-state index contributed by atoms with van der Waals surface area (Å²) in [5.74, 6) is 1.28. The second-order valence-electron chi connectivity index (χ2n) is 11.0. The summed E-state index contributed by atoms with van der Waals surface area (Å²) in [6, 6.07) is 14.3. The van der Waals surface area contributed by atoms with E-state index in [-0.39, 0.29) is 36.4 Å². The van der Waals surface area contributed by atoms with Crippen LogP contribution in [0.3, 0.4) is 0 Å². The number of carbonyl (C=O) groups excluding carboxylic acids is 2. The minimum atomic E-state index is -1.06. The number of rotatable bonds is 5. The molecule has 194 valence electrons. The smallest absolute Gasteiger partial charge is 0.255 e. The van der Waals surface area contributed by atoms with Crippen molar-refractivity contribution in [3.63, 3.8) is 0 Å². The van der Waals surface area contributed by atoms with Crippen LogP contribution in [0.15, 0.2) is 42.5 Å². The first-order valence-corrected chi connectivity index (χ1v) is 13.4. The lowest BCUT2D eigenvalue weighted by Gasteiger charge is -2.52. The first-order valence-electron chi connectivity index (χ1n) is 13.4. The van der Waals surface area contributed by atoms with Gasteiger partial charge in [0.25, 0.3) is 5.91 Å². The third-order valence-electron chi connectivity index (χ3n) is 8.49. The molecule has 2 aliphatic heterocycles. The molecule has 3 aliphatic rings. The van der Waals surface area contributed by atoms with Crippen LogP contribution < -0.4 is 9.47 Å². The number of ether oxygens (including phenoxy) is 2. The summed E-state index contributed by atoms with van der Waals surface area (Å²) in [5, 5.41) is 1.09. The summed E-state index contributed by atoms with van der Waals surface area (Å²) in [7, 11) is 1.64. The van der Waals surface area contributed by atoms with Crippen LogP contribution in [0.5, 0.6) is 11.5 Å². The van der Waals surface area contributed by atoms with Gasteiger partial charge in [0.1, 0.15) is 6.54 Å². The monoisotopic (exact) mass is 501 g/mol. The van der Waals surface area contributed by atoms with Gasteiger partial charge in [0.2, 0.25) is 5.91 Å². The quantitative estimate of drug-likeness (QED) is 0.538. The first-order chi connectivity index (χ1) is 17.8. The van der Waals surface area contributed by atoms with Crippen molar-refractivity contribution in [3.05, 3.63) is 59.3 Å². The average molecular weight is 502 g/mol. The number of amides is 2. The van der Waals surface area contributed by atoms with Crippen LogP contribution in [0.1, 0.15) is 69.2 Å². The highest BCUT2D eigenvalue weighted by Crippen LogP contribution is 2.49. The molecule has 0 spiro atoms. The number of carbonyl (C=O) groups is 2. The maximum Gasteiger partial charge on any atom is 0.255 e. The molecule has 2 fully saturated rings. The number of aromatic nitrogens is 1. The molecular weight excluding hydrogens is 466 g/mol. The lowest BCUT2D eigenvalue weighted by atomic mass is 9.76. The van der Waals surface area contributed by atoms with Crippen molar-refractivity contribution in [2.45, 2.75) is 70.1 Å². The molecule has 1 saturated carbocycles. The summed E-state index contributed by atoms with van der Waals surface area (Å²) >= 11 is 0. The van der Waals surface area contributed by atoms with Crippen molar-refractivity contribution < 1.29 is 19.1 Å². The summed E-state index contributed by atoms with van der Waals surface area (Å²) in [5.41, 5.74) is 2.86. The molecule has 1 aromatic heterocycles.